The molecule has 1 rings (SSSR count). The first-order valence-corrected chi connectivity index (χ1v) is 4.71. The van der Waals surface area contributed by atoms with E-state index in [1.165, 1.54) is 6.92 Å². The Bertz CT molecular complexity index is 450. The van der Waals surface area contributed by atoms with E-state index in [0.29, 0.717) is 12.1 Å². The summed E-state index contributed by atoms with van der Waals surface area (Å²) >= 11 is 0. The van der Waals surface area contributed by atoms with Gasteiger partial charge in [0.05, 0.1) is 23.7 Å². The Morgan fingerprint density at radius 1 is 1.35 bits per heavy atom. The molecular formula is C11H9F4NO. The predicted octanol–water partition coefficient (Wildman–Crippen LogP) is 3.04. The van der Waals surface area contributed by atoms with Crippen molar-refractivity contribution in [1.29, 1.82) is 5.26 Å². The van der Waals surface area contributed by atoms with Crippen molar-refractivity contribution >= 4 is 0 Å². The minimum Gasteiger partial charge on any atom is -0.387 e. The van der Waals surface area contributed by atoms with Crippen molar-refractivity contribution < 1.29 is 22.7 Å². The second kappa shape index (κ2) is 4.72. The van der Waals surface area contributed by atoms with Crippen LogP contribution in [0, 0.1) is 23.1 Å². The fourth-order valence-electron chi connectivity index (χ4n) is 1.30. The van der Waals surface area contributed by atoms with Crippen LogP contribution in [0.3, 0.4) is 0 Å². The van der Waals surface area contributed by atoms with Crippen LogP contribution in [-0.2, 0) is 6.18 Å². The van der Waals surface area contributed by atoms with E-state index < -0.39 is 29.6 Å². The van der Waals surface area contributed by atoms with Gasteiger partial charge >= 0.3 is 6.18 Å². The number of hydrogen-bond donors (Lipinski definition) is 1. The summed E-state index contributed by atoms with van der Waals surface area (Å²) in [7, 11) is 0. The molecule has 2 nitrogen and oxygen atoms in total. The van der Waals surface area contributed by atoms with Crippen molar-refractivity contribution in [3.63, 3.8) is 0 Å². The van der Waals surface area contributed by atoms with Gasteiger partial charge < -0.3 is 5.11 Å². The fraction of sp³-hybridized carbons (Fsp3) is 0.364. The fourth-order valence-corrected chi connectivity index (χ4v) is 1.30. The van der Waals surface area contributed by atoms with Crippen LogP contribution in [0.1, 0.15) is 24.2 Å². The van der Waals surface area contributed by atoms with Crippen LogP contribution in [-0.4, -0.2) is 5.11 Å². The molecule has 2 atom stereocenters. The van der Waals surface area contributed by atoms with Crippen LogP contribution in [0.2, 0.25) is 0 Å². The van der Waals surface area contributed by atoms with Gasteiger partial charge in [0.2, 0.25) is 0 Å². The maximum atomic E-state index is 12.9. The first kappa shape index (κ1) is 13.5. The van der Waals surface area contributed by atoms with Gasteiger partial charge in [-0.05, 0) is 24.6 Å². The highest BCUT2D eigenvalue weighted by atomic mass is 19.4. The third kappa shape index (κ3) is 2.94. The van der Waals surface area contributed by atoms with Crippen molar-refractivity contribution in [3.05, 3.63) is 35.1 Å². The predicted molar refractivity (Wildman–Crippen MR) is 51.1 cm³/mol. The van der Waals surface area contributed by atoms with Crippen LogP contribution in [0.15, 0.2) is 18.2 Å². The van der Waals surface area contributed by atoms with Gasteiger partial charge in [-0.2, -0.15) is 18.4 Å². The highest BCUT2D eigenvalue weighted by Gasteiger charge is 2.34. The van der Waals surface area contributed by atoms with Crippen molar-refractivity contribution in [1.82, 2.24) is 0 Å². The molecule has 0 spiro atoms. The maximum Gasteiger partial charge on any atom is 0.419 e. The van der Waals surface area contributed by atoms with Crippen LogP contribution in [0.4, 0.5) is 17.6 Å². The van der Waals surface area contributed by atoms with Gasteiger partial charge in [0, 0.05) is 0 Å². The molecular weight excluding hydrogens is 238 g/mol. The Balaban J connectivity index is 3.18. The van der Waals surface area contributed by atoms with Crippen molar-refractivity contribution in [3.8, 4) is 6.07 Å². The average Bonchev–Trinajstić information content (AvgIpc) is 2.26. The standard InChI is InChI=1S/C11H9F4NO/c1-6(5-16)10(17)7-2-3-9(12)8(4-7)11(13,14)15/h2-4,6,10,17H,1H3. The summed E-state index contributed by atoms with van der Waals surface area (Å²) in [5, 5.41) is 18.1. The molecule has 92 valence electrons. The lowest BCUT2D eigenvalue weighted by atomic mass is 9.97. The largest absolute Gasteiger partial charge is 0.419 e. The molecule has 0 amide bonds. The van der Waals surface area contributed by atoms with Crippen molar-refractivity contribution in [2.45, 2.75) is 19.2 Å². The highest BCUT2D eigenvalue weighted by molar-refractivity contribution is 5.29. The zero-order chi connectivity index (χ0) is 13.2. The summed E-state index contributed by atoms with van der Waals surface area (Å²) < 4.78 is 50.1. The number of alkyl halides is 3. The number of aliphatic hydroxyl groups excluding tert-OH is 1. The van der Waals surface area contributed by atoms with Crippen LogP contribution in [0.25, 0.3) is 0 Å². The lowest BCUT2D eigenvalue weighted by Gasteiger charge is -2.15. The maximum absolute atomic E-state index is 12.9. The van der Waals surface area contributed by atoms with Crippen LogP contribution in [0.5, 0.6) is 0 Å². The molecule has 0 saturated carbocycles. The minimum absolute atomic E-state index is 0.132. The van der Waals surface area contributed by atoms with Gasteiger partial charge in [0.1, 0.15) is 5.82 Å². The second-order valence-corrected chi connectivity index (χ2v) is 3.60. The Morgan fingerprint density at radius 2 is 1.94 bits per heavy atom. The zero-order valence-electron chi connectivity index (χ0n) is 8.79. The zero-order valence-corrected chi connectivity index (χ0v) is 8.79. The molecule has 0 aliphatic rings. The molecule has 17 heavy (non-hydrogen) atoms. The summed E-state index contributed by atoms with van der Waals surface area (Å²) in [5.74, 6) is -2.28. The van der Waals surface area contributed by atoms with E-state index in [9.17, 15) is 22.7 Å². The molecule has 0 aromatic heterocycles. The number of nitriles is 1. The highest BCUT2D eigenvalue weighted by Crippen LogP contribution is 2.34. The summed E-state index contributed by atoms with van der Waals surface area (Å²) in [5.41, 5.74) is -1.58. The van der Waals surface area contributed by atoms with Crippen molar-refractivity contribution in [2.24, 2.45) is 5.92 Å². The van der Waals surface area contributed by atoms with E-state index >= 15 is 0 Å². The second-order valence-electron chi connectivity index (χ2n) is 3.60. The van der Waals surface area contributed by atoms with Crippen molar-refractivity contribution in [2.75, 3.05) is 0 Å². The number of benzene rings is 1. The molecule has 1 N–H and O–H groups in total. The first-order chi connectivity index (χ1) is 7.77. The van der Waals surface area contributed by atoms with E-state index in [2.05, 4.69) is 0 Å². The molecule has 0 radical (unpaired) electrons. The lowest BCUT2D eigenvalue weighted by molar-refractivity contribution is -0.140. The van der Waals surface area contributed by atoms with Gasteiger partial charge in [-0.15, -0.1) is 0 Å². The number of hydrogen-bond acceptors (Lipinski definition) is 2. The normalized spacial score (nSPS) is 15.1. The Labute approximate surface area is 95.1 Å². The molecule has 0 saturated heterocycles. The quantitative estimate of drug-likeness (QED) is 0.816. The minimum atomic E-state index is -4.82. The molecule has 0 fully saturated rings. The first-order valence-electron chi connectivity index (χ1n) is 4.71. The Hall–Kier alpha value is -1.61. The summed E-state index contributed by atoms with van der Waals surface area (Å²) in [6.45, 7) is 1.36. The van der Waals surface area contributed by atoms with Gasteiger partial charge in [-0.3, -0.25) is 0 Å². The third-order valence-electron chi connectivity index (χ3n) is 2.31. The van der Waals surface area contributed by atoms with E-state index in [1.54, 1.807) is 6.07 Å². The number of rotatable bonds is 2. The van der Waals surface area contributed by atoms with Gasteiger partial charge in [0.15, 0.2) is 0 Å². The van der Waals surface area contributed by atoms with E-state index in [-0.39, 0.29) is 5.56 Å². The Morgan fingerprint density at radius 3 is 2.41 bits per heavy atom. The number of aliphatic hydroxyl groups is 1. The van der Waals surface area contributed by atoms with Crippen LogP contribution < -0.4 is 0 Å². The van der Waals surface area contributed by atoms with Crippen LogP contribution >= 0.6 is 0 Å². The summed E-state index contributed by atoms with van der Waals surface area (Å²) in [4.78, 5) is 0. The third-order valence-corrected chi connectivity index (χ3v) is 2.31. The molecule has 6 heteroatoms. The summed E-state index contributed by atoms with van der Waals surface area (Å²) in [6.07, 6.45) is -6.20. The average molecular weight is 247 g/mol. The van der Waals surface area contributed by atoms with E-state index in [4.69, 9.17) is 5.26 Å². The topological polar surface area (TPSA) is 44.0 Å². The molecule has 0 heterocycles. The van der Waals surface area contributed by atoms with E-state index in [1.807, 2.05) is 0 Å². The number of nitrogens with zero attached hydrogens (tertiary/aromatic N) is 1. The van der Waals surface area contributed by atoms with E-state index in [0.717, 1.165) is 6.07 Å². The monoisotopic (exact) mass is 247 g/mol. The van der Waals surface area contributed by atoms with Gasteiger partial charge in [-0.1, -0.05) is 6.07 Å². The van der Waals surface area contributed by atoms with Gasteiger partial charge in [-0.25, -0.2) is 4.39 Å². The molecule has 2 unspecified atom stereocenters. The van der Waals surface area contributed by atoms with Gasteiger partial charge in [0.25, 0.3) is 0 Å². The molecule has 0 bridgehead atoms. The molecule has 0 aliphatic heterocycles. The Kier molecular flexibility index (Phi) is 3.73. The summed E-state index contributed by atoms with van der Waals surface area (Å²) in [6, 6.07) is 3.89. The number of halogens is 4. The molecule has 1 aromatic rings. The molecule has 0 aliphatic carbocycles. The lowest BCUT2D eigenvalue weighted by Crippen LogP contribution is -2.12. The SMILES string of the molecule is CC(C#N)C(O)c1ccc(F)c(C(F)(F)F)c1. The molecule has 1 aromatic carbocycles. The smallest absolute Gasteiger partial charge is 0.387 e.